The average molecular weight is 349 g/mol. The summed E-state index contributed by atoms with van der Waals surface area (Å²) in [6, 6.07) is 14.2. The highest BCUT2D eigenvalue weighted by molar-refractivity contribution is 9.10. The second kappa shape index (κ2) is 7.24. The van der Waals surface area contributed by atoms with E-state index in [2.05, 4.69) is 26.6 Å². The van der Waals surface area contributed by atoms with Crippen molar-refractivity contribution in [1.82, 2.24) is 5.32 Å². The van der Waals surface area contributed by atoms with E-state index in [0.29, 0.717) is 5.69 Å². The Morgan fingerprint density at radius 2 is 1.95 bits per heavy atom. The number of anilines is 1. The predicted octanol–water partition coefficient (Wildman–Crippen LogP) is 3.61. The van der Waals surface area contributed by atoms with Gasteiger partial charge in [-0.1, -0.05) is 46.3 Å². The van der Waals surface area contributed by atoms with Gasteiger partial charge in [-0.2, -0.15) is 0 Å². The molecule has 0 radical (unpaired) electrons. The smallest absolute Gasteiger partial charge is 0.319 e. The van der Waals surface area contributed by atoms with Crippen molar-refractivity contribution in [2.75, 3.05) is 11.9 Å². The number of hydrogen-bond acceptors (Lipinski definition) is 2. The van der Waals surface area contributed by atoms with Crippen LogP contribution in [-0.4, -0.2) is 17.7 Å². The highest BCUT2D eigenvalue weighted by Gasteiger charge is 2.13. The Morgan fingerprint density at radius 3 is 2.57 bits per heavy atom. The molecular weight excluding hydrogens is 332 g/mol. The first kappa shape index (κ1) is 15.5. The van der Waals surface area contributed by atoms with Gasteiger partial charge in [0.15, 0.2) is 0 Å². The van der Waals surface area contributed by atoms with Crippen molar-refractivity contribution in [2.24, 2.45) is 0 Å². The topological polar surface area (TPSA) is 61.4 Å². The summed E-state index contributed by atoms with van der Waals surface area (Å²) in [6.07, 6.45) is 0. The lowest BCUT2D eigenvalue weighted by Crippen LogP contribution is -2.34. The van der Waals surface area contributed by atoms with Crippen LogP contribution in [0.1, 0.15) is 17.2 Å². The van der Waals surface area contributed by atoms with Crippen molar-refractivity contribution < 1.29 is 9.90 Å². The van der Waals surface area contributed by atoms with Crippen LogP contribution in [-0.2, 0) is 0 Å². The lowest BCUT2D eigenvalue weighted by Gasteiger charge is -2.17. The van der Waals surface area contributed by atoms with E-state index in [1.165, 1.54) is 0 Å². The Bertz CT molecular complexity index is 617. The standard InChI is InChI=1S/C16H17BrN2O2/c1-11-9-13(7-8-14(11)17)18-16(21)19-15(10-20)12-5-3-2-4-6-12/h2-9,15,20H,10H2,1H3,(H2,18,19,21)/t15-/m1/s1. The zero-order valence-corrected chi connectivity index (χ0v) is 13.2. The molecule has 0 unspecified atom stereocenters. The lowest BCUT2D eigenvalue weighted by molar-refractivity contribution is 0.225. The highest BCUT2D eigenvalue weighted by atomic mass is 79.9. The molecule has 2 rings (SSSR count). The largest absolute Gasteiger partial charge is 0.394 e. The fourth-order valence-corrected chi connectivity index (χ4v) is 2.21. The third-order valence-corrected chi connectivity index (χ3v) is 4.00. The third-order valence-electron chi connectivity index (χ3n) is 3.11. The summed E-state index contributed by atoms with van der Waals surface area (Å²) in [6.45, 7) is 1.80. The third kappa shape index (κ3) is 4.31. The Balaban J connectivity index is 2.01. The van der Waals surface area contributed by atoms with Gasteiger partial charge in [0.05, 0.1) is 12.6 Å². The number of aliphatic hydroxyl groups excluding tert-OH is 1. The minimum absolute atomic E-state index is 0.156. The summed E-state index contributed by atoms with van der Waals surface area (Å²) in [7, 11) is 0. The molecular formula is C16H17BrN2O2. The van der Waals surface area contributed by atoms with Crippen LogP contribution in [0.3, 0.4) is 0 Å². The summed E-state index contributed by atoms with van der Waals surface area (Å²) in [5, 5.41) is 14.9. The SMILES string of the molecule is Cc1cc(NC(=O)N[C@H](CO)c2ccccc2)ccc1Br. The molecule has 5 heteroatoms. The molecule has 21 heavy (non-hydrogen) atoms. The van der Waals surface area contributed by atoms with Gasteiger partial charge in [-0.3, -0.25) is 0 Å². The Morgan fingerprint density at radius 1 is 1.24 bits per heavy atom. The Hall–Kier alpha value is -1.85. The maximum Gasteiger partial charge on any atom is 0.319 e. The number of aryl methyl sites for hydroxylation is 1. The quantitative estimate of drug-likeness (QED) is 0.790. The molecule has 110 valence electrons. The van der Waals surface area contributed by atoms with E-state index in [-0.39, 0.29) is 12.6 Å². The molecule has 0 fully saturated rings. The van der Waals surface area contributed by atoms with Crippen LogP contribution in [0, 0.1) is 6.92 Å². The van der Waals surface area contributed by atoms with Crippen LogP contribution in [0.2, 0.25) is 0 Å². The van der Waals surface area contributed by atoms with Gasteiger partial charge in [0, 0.05) is 10.2 Å². The molecule has 0 aromatic heterocycles. The van der Waals surface area contributed by atoms with E-state index in [4.69, 9.17) is 0 Å². The normalized spacial score (nSPS) is 11.8. The van der Waals surface area contributed by atoms with Crippen molar-refractivity contribution in [1.29, 1.82) is 0 Å². The Kier molecular flexibility index (Phi) is 5.36. The molecule has 4 nitrogen and oxygen atoms in total. The lowest BCUT2D eigenvalue weighted by atomic mass is 10.1. The number of halogens is 1. The van der Waals surface area contributed by atoms with Crippen molar-refractivity contribution in [3.8, 4) is 0 Å². The van der Waals surface area contributed by atoms with E-state index < -0.39 is 6.04 Å². The molecule has 0 saturated heterocycles. The first-order chi connectivity index (χ1) is 10.1. The summed E-state index contributed by atoms with van der Waals surface area (Å²) in [5.74, 6) is 0. The molecule has 0 aliphatic carbocycles. The molecule has 0 bridgehead atoms. The van der Waals surface area contributed by atoms with Gasteiger partial charge in [-0.05, 0) is 36.2 Å². The fourth-order valence-electron chi connectivity index (χ4n) is 1.97. The second-order valence-corrected chi connectivity index (χ2v) is 5.56. The number of urea groups is 1. The molecule has 0 aliphatic heterocycles. The van der Waals surface area contributed by atoms with Crippen LogP contribution < -0.4 is 10.6 Å². The summed E-state index contributed by atoms with van der Waals surface area (Å²) in [5.41, 5.74) is 2.61. The summed E-state index contributed by atoms with van der Waals surface area (Å²) in [4.78, 5) is 12.0. The number of benzene rings is 2. The van der Waals surface area contributed by atoms with Crippen LogP contribution in [0.15, 0.2) is 53.0 Å². The minimum Gasteiger partial charge on any atom is -0.394 e. The van der Waals surface area contributed by atoms with Gasteiger partial charge in [0.25, 0.3) is 0 Å². The van der Waals surface area contributed by atoms with Gasteiger partial charge in [0.1, 0.15) is 0 Å². The minimum atomic E-state index is -0.428. The van der Waals surface area contributed by atoms with Gasteiger partial charge in [-0.15, -0.1) is 0 Å². The number of nitrogens with one attached hydrogen (secondary N) is 2. The maximum atomic E-state index is 12.0. The number of carbonyl (C=O) groups excluding carboxylic acids is 1. The molecule has 0 saturated carbocycles. The maximum absolute atomic E-state index is 12.0. The predicted molar refractivity (Wildman–Crippen MR) is 87.3 cm³/mol. The van der Waals surface area contributed by atoms with Gasteiger partial charge >= 0.3 is 6.03 Å². The van der Waals surface area contributed by atoms with Crippen molar-refractivity contribution in [2.45, 2.75) is 13.0 Å². The monoisotopic (exact) mass is 348 g/mol. The Labute approximate surface area is 132 Å². The number of aliphatic hydroxyl groups is 1. The fraction of sp³-hybridized carbons (Fsp3) is 0.188. The van der Waals surface area contributed by atoms with Gasteiger partial charge in [-0.25, -0.2) is 4.79 Å². The number of rotatable bonds is 4. The van der Waals surface area contributed by atoms with Gasteiger partial charge in [0.2, 0.25) is 0 Å². The molecule has 3 N–H and O–H groups in total. The average Bonchev–Trinajstić information content (AvgIpc) is 2.49. The highest BCUT2D eigenvalue weighted by Crippen LogP contribution is 2.20. The second-order valence-electron chi connectivity index (χ2n) is 4.71. The van der Waals surface area contributed by atoms with Crippen LogP contribution in [0.5, 0.6) is 0 Å². The van der Waals surface area contributed by atoms with Crippen molar-refractivity contribution >= 4 is 27.6 Å². The summed E-state index contributed by atoms with van der Waals surface area (Å²) < 4.78 is 0.992. The van der Waals surface area contributed by atoms with Crippen LogP contribution >= 0.6 is 15.9 Å². The first-order valence-corrected chi connectivity index (χ1v) is 7.39. The van der Waals surface area contributed by atoms with Crippen molar-refractivity contribution in [3.05, 3.63) is 64.1 Å². The molecule has 0 heterocycles. The van der Waals surface area contributed by atoms with E-state index in [0.717, 1.165) is 15.6 Å². The van der Waals surface area contributed by atoms with Crippen LogP contribution in [0.4, 0.5) is 10.5 Å². The number of hydrogen-bond donors (Lipinski definition) is 3. The van der Waals surface area contributed by atoms with Gasteiger partial charge < -0.3 is 15.7 Å². The van der Waals surface area contributed by atoms with E-state index in [1.54, 1.807) is 0 Å². The number of amides is 2. The number of carbonyl (C=O) groups is 1. The van der Waals surface area contributed by atoms with E-state index in [9.17, 15) is 9.90 Å². The molecule has 2 aromatic carbocycles. The molecule has 0 aliphatic rings. The molecule has 2 aromatic rings. The van der Waals surface area contributed by atoms with Crippen molar-refractivity contribution in [3.63, 3.8) is 0 Å². The van der Waals surface area contributed by atoms with Crippen LogP contribution in [0.25, 0.3) is 0 Å². The molecule has 2 amide bonds. The summed E-state index contributed by atoms with van der Waals surface area (Å²) >= 11 is 3.42. The first-order valence-electron chi connectivity index (χ1n) is 6.59. The zero-order chi connectivity index (χ0) is 15.2. The van der Waals surface area contributed by atoms with E-state index >= 15 is 0 Å². The molecule has 1 atom stereocenters. The molecule has 0 spiro atoms. The van der Waals surface area contributed by atoms with E-state index in [1.807, 2.05) is 55.5 Å². The zero-order valence-electron chi connectivity index (χ0n) is 11.6.